The molecular formula is C15H11BrFN. The molecule has 0 saturated carbocycles. The Morgan fingerprint density at radius 2 is 1.89 bits per heavy atom. The summed E-state index contributed by atoms with van der Waals surface area (Å²) < 4.78 is 14.9. The molecule has 0 N–H and O–H groups in total. The van der Waals surface area contributed by atoms with Crippen LogP contribution in [0, 0.1) is 5.82 Å². The average molecular weight is 304 g/mol. The molecule has 0 aromatic heterocycles. The highest BCUT2D eigenvalue weighted by Crippen LogP contribution is 2.25. The predicted molar refractivity (Wildman–Crippen MR) is 74.8 cm³/mol. The number of nitrogens with zero attached hydrogens (tertiary/aromatic N) is 1. The Bertz CT molecular complexity index is 634. The van der Waals surface area contributed by atoms with Gasteiger partial charge in [-0.3, -0.25) is 4.99 Å². The molecule has 1 aliphatic heterocycles. The van der Waals surface area contributed by atoms with E-state index in [0.29, 0.717) is 5.56 Å². The Morgan fingerprint density at radius 1 is 1.06 bits per heavy atom. The minimum atomic E-state index is -0.218. The molecule has 90 valence electrons. The lowest BCUT2D eigenvalue weighted by molar-refractivity contribution is 0.625. The smallest absolute Gasteiger partial charge is 0.132 e. The Morgan fingerprint density at radius 3 is 2.72 bits per heavy atom. The van der Waals surface area contributed by atoms with Crippen molar-refractivity contribution in [2.24, 2.45) is 4.99 Å². The summed E-state index contributed by atoms with van der Waals surface area (Å²) in [6.07, 6.45) is 0.917. The third-order valence-corrected chi connectivity index (χ3v) is 3.60. The maximum atomic E-state index is 13.9. The third-order valence-electron chi connectivity index (χ3n) is 3.11. The predicted octanol–water partition coefficient (Wildman–Crippen LogP) is 3.98. The second-order valence-electron chi connectivity index (χ2n) is 4.26. The standard InChI is InChI=1S/C15H11BrFN/c16-11-6-5-10-7-8-18-15(13(10)9-11)12-3-1-2-4-14(12)17/h1-6,9H,7-8H2. The lowest BCUT2D eigenvalue weighted by Gasteiger charge is -2.17. The fraction of sp³-hybridized carbons (Fsp3) is 0.133. The quantitative estimate of drug-likeness (QED) is 0.755. The van der Waals surface area contributed by atoms with E-state index in [9.17, 15) is 4.39 Å². The Balaban J connectivity index is 2.18. The van der Waals surface area contributed by atoms with Gasteiger partial charge >= 0.3 is 0 Å². The van der Waals surface area contributed by atoms with E-state index in [-0.39, 0.29) is 5.82 Å². The zero-order valence-electron chi connectivity index (χ0n) is 9.66. The SMILES string of the molecule is Fc1ccccc1C1=NCCc2ccc(Br)cc21. The third kappa shape index (κ3) is 1.99. The second-order valence-corrected chi connectivity index (χ2v) is 5.18. The number of benzene rings is 2. The highest BCUT2D eigenvalue weighted by atomic mass is 79.9. The molecule has 1 heterocycles. The van der Waals surface area contributed by atoms with Gasteiger partial charge in [0.1, 0.15) is 5.82 Å². The van der Waals surface area contributed by atoms with Crippen LogP contribution in [0.1, 0.15) is 16.7 Å². The Hall–Kier alpha value is -1.48. The molecule has 0 fully saturated rings. The van der Waals surface area contributed by atoms with Gasteiger partial charge in [0.25, 0.3) is 0 Å². The molecule has 0 atom stereocenters. The van der Waals surface area contributed by atoms with Crippen LogP contribution in [0.5, 0.6) is 0 Å². The first-order valence-corrected chi connectivity index (χ1v) is 6.63. The first kappa shape index (κ1) is 11.6. The van der Waals surface area contributed by atoms with Gasteiger partial charge in [-0.05, 0) is 36.2 Å². The fourth-order valence-corrected chi connectivity index (χ4v) is 2.61. The lowest BCUT2D eigenvalue weighted by atomic mass is 9.93. The van der Waals surface area contributed by atoms with Crippen molar-refractivity contribution in [3.05, 3.63) is 69.4 Å². The Kier molecular flexibility index (Phi) is 3.00. The number of halogens is 2. The number of hydrogen-bond acceptors (Lipinski definition) is 1. The molecule has 0 radical (unpaired) electrons. The molecular weight excluding hydrogens is 293 g/mol. The maximum Gasteiger partial charge on any atom is 0.132 e. The van der Waals surface area contributed by atoms with E-state index in [1.54, 1.807) is 12.1 Å². The molecule has 0 saturated heterocycles. The molecule has 1 nitrogen and oxygen atoms in total. The van der Waals surface area contributed by atoms with Gasteiger partial charge in [0.2, 0.25) is 0 Å². The molecule has 3 rings (SSSR count). The van der Waals surface area contributed by atoms with E-state index in [2.05, 4.69) is 27.0 Å². The average Bonchev–Trinajstić information content (AvgIpc) is 2.39. The molecule has 2 aromatic rings. The van der Waals surface area contributed by atoms with E-state index in [4.69, 9.17) is 0 Å². The van der Waals surface area contributed by atoms with Crippen molar-refractivity contribution in [3.63, 3.8) is 0 Å². The number of aliphatic imine (C=N–C) groups is 1. The van der Waals surface area contributed by atoms with Crippen LogP contribution >= 0.6 is 15.9 Å². The van der Waals surface area contributed by atoms with Crippen molar-refractivity contribution in [2.75, 3.05) is 6.54 Å². The Labute approximate surface area is 114 Å². The maximum absolute atomic E-state index is 13.9. The molecule has 0 amide bonds. The zero-order chi connectivity index (χ0) is 12.5. The summed E-state index contributed by atoms with van der Waals surface area (Å²) in [6.45, 7) is 0.721. The van der Waals surface area contributed by atoms with Crippen LogP contribution in [0.15, 0.2) is 51.9 Å². The highest BCUT2D eigenvalue weighted by Gasteiger charge is 2.18. The largest absolute Gasteiger partial charge is 0.284 e. The van der Waals surface area contributed by atoms with Gasteiger partial charge in [-0.2, -0.15) is 0 Å². The van der Waals surface area contributed by atoms with Gasteiger partial charge < -0.3 is 0 Å². The van der Waals surface area contributed by atoms with E-state index in [0.717, 1.165) is 28.7 Å². The molecule has 18 heavy (non-hydrogen) atoms. The van der Waals surface area contributed by atoms with E-state index in [1.165, 1.54) is 11.6 Å². The normalized spacial score (nSPS) is 14.0. The summed E-state index contributed by atoms with van der Waals surface area (Å²) in [5, 5.41) is 0. The topological polar surface area (TPSA) is 12.4 Å². The van der Waals surface area contributed by atoms with Crippen molar-refractivity contribution in [1.29, 1.82) is 0 Å². The van der Waals surface area contributed by atoms with Crippen molar-refractivity contribution >= 4 is 21.6 Å². The molecule has 3 heteroatoms. The molecule has 0 bridgehead atoms. The van der Waals surface area contributed by atoms with Crippen molar-refractivity contribution in [1.82, 2.24) is 0 Å². The summed E-state index contributed by atoms with van der Waals surface area (Å²) >= 11 is 3.46. The van der Waals surface area contributed by atoms with Crippen LogP contribution in [-0.2, 0) is 6.42 Å². The van der Waals surface area contributed by atoms with Gasteiger partial charge in [0, 0.05) is 22.1 Å². The van der Waals surface area contributed by atoms with Gasteiger partial charge in [0.15, 0.2) is 0 Å². The minimum Gasteiger partial charge on any atom is -0.284 e. The minimum absolute atomic E-state index is 0.218. The van der Waals surface area contributed by atoms with Crippen molar-refractivity contribution in [3.8, 4) is 0 Å². The molecule has 2 aromatic carbocycles. The molecule has 1 aliphatic rings. The first-order chi connectivity index (χ1) is 8.75. The second kappa shape index (κ2) is 4.65. The van der Waals surface area contributed by atoms with Crippen LogP contribution in [0.25, 0.3) is 0 Å². The molecule has 0 aliphatic carbocycles. The van der Waals surface area contributed by atoms with Crippen molar-refractivity contribution < 1.29 is 4.39 Å². The van der Waals surface area contributed by atoms with Crippen LogP contribution in [0.2, 0.25) is 0 Å². The summed E-state index contributed by atoms with van der Waals surface area (Å²) in [5.41, 5.74) is 3.60. The molecule has 0 unspecified atom stereocenters. The summed E-state index contributed by atoms with van der Waals surface area (Å²) in [5.74, 6) is -0.218. The molecule has 0 spiro atoms. The lowest BCUT2D eigenvalue weighted by Crippen LogP contribution is -2.15. The van der Waals surface area contributed by atoms with Gasteiger partial charge in [-0.15, -0.1) is 0 Å². The number of rotatable bonds is 1. The van der Waals surface area contributed by atoms with Gasteiger partial charge in [-0.1, -0.05) is 34.1 Å². The van der Waals surface area contributed by atoms with Crippen molar-refractivity contribution in [2.45, 2.75) is 6.42 Å². The number of hydrogen-bond donors (Lipinski definition) is 0. The van der Waals surface area contributed by atoms with Gasteiger partial charge in [0.05, 0.1) is 5.71 Å². The van der Waals surface area contributed by atoms with E-state index >= 15 is 0 Å². The zero-order valence-corrected chi connectivity index (χ0v) is 11.2. The van der Waals surface area contributed by atoms with Crippen LogP contribution < -0.4 is 0 Å². The van der Waals surface area contributed by atoms with Gasteiger partial charge in [-0.25, -0.2) is 4.39 Å². The highest BCUT2D eigenvalue weighted by molar-refractivity contribution is 9.10. The number of fused-ring (bicyclic) bond motifs is 1. The van der Waals surface area contributed by atoms with E-state index in [1.807, 2.05) is 18.2 Å². The van der Waals surface area contributed by atoms with Crippen LogP contribution in [-0.4, -0.2) is 12.3 Å². The monoisotopic (exact) mass is 303 g/mol. The van der Waals surface area contributed by atoms with Crippen LogP contribution in [0.3, 0.4) is 0 Å². The summed E-state index contributed by atoms with van der Waals surface area (Å²) in [4.78, 5) is 4.50. The summed E-state index contributed by atoms with van der Waals surface area (Å²) in [6, 6.07) is 12.9. The first-order valence-electron chi connectivity index (χ1n) is 5.84. The summed E-state index contributed by atoms with van der Waals surface area (Å²) in [7, 11) is 0. The van der Waals surface area contributed by atoms with E-state index < -0.39 is 0 Å². The van der Waals surface area contributed by atoms with Crippen LogP contribution in [0.4, 0.5) is 4.39 Å². The fourth-order valence-electron chi connectivity index (χ4n) is 2.24.